The van der Waals surface area contributed by atoms with E-state index >= 15 is 0 Å². The Morgan fingerprint density at radius 2 is 0.472 bits per heavy atom. The van der Waals surface area contributed by atoms with E-state index < -0.39 is 0 Å². The van der Waals surface area contributed by atoms with Gasteiger partial charge in [-0.3, -0.25) is 0 Å². The van der Waals surface area contributed by atoms with Gasteiger partial charge in [-0.05, 0) is 80.2 Å². The first-order valence-corrected chi connectivity index (χ1v) is 25.1. The van der Waals surface area contributed by atoms with Crippen molar-refractivity contribution in [3.8, 4) is 22.3 Å². The number of hydrogen-bond donors (Lipinski definition) is 0. The summed E-state index contributed by atoms with van der Waals surface area (Å²) >= 11 is 0. The Morgan fingerprint density at radius 3 is 0.847 bits per heavy atom. The summed E-state index contributed by atoms with van der Waals surface area (Å²) in [6, 6.07) is 82.2. The van der Waals surface area contributed by atoms with E-state index in [1.54, 1.807) is 0 Å². The number of benzene rings is 12. The van der Waals surface area contributed by atoms with Gasteiger partial charge in [0.25, 0.3) is 0 Å². The fourth-order valence-electron chi connectivity index (χ4n) is 14.5. The smallest absolute Gasteiger partial charge is 0.0811 e. The minimum Gasteiger partial charge on any atom is -0.308 e. The molecule has 12 aromatic carbocycles. The molecule has 4 heteroatoms. The molecule has 7 heterocycles. The molecule has 0 spiro atoms. The molecule has 0 radical (unpaired) electrons. The van der Waals surface area contributed by atoms with Crippen LogP contribution in [0.4, 0.5) is 0 Å². The van der Waals surface area contributed by atoms with Crippen LogP contribution in [0.2, 0.25) is 0 Å². The van der Waals surface area contributed by atoms with E-state index in [2.05, 4.69) is 236 Å². The largest absolute Gasteiger partial charge is 0.308 e. The summed E-state index contributed by atoms with van der Waals surface area (Å²) in [6.07, 6.45) is 0. The second-order valence-corrected chi connectivity index (χ2v) is 20.2. The van der Waals surface area contributed by atoms with Crippen LogP contribution in [-0.2, 0) is 0 Å². The SMILES string of the molecule is c1ccc(-c2cc3c(c4ccccc24)c2c4c5ccccc5n5c6ccccc6c(c45)c4c2n3c2c3c5ccccc5n5c6ccccc6c(c6c7c8ccccc8c(-c8ccccc8)cc7n4c62)c35)cc1. The Hall–Kier alpha value is -9.64. The summed E-state index contributed by atoms with van der Waals surface area (Å²) in [5, 5.41) is 20.6. The lowest BCUT2D eigenvalue weighted by molar-refractivity contribution is 1.27. The average molecular weight is 909 g/mol. The maximum atomic E-state index is 2.77. The Kier molecular flexibility index (Phi) is 6.25. The zero-order chi connectivity index (χ0) is 46.2. The van der Waals surface area contributed by atoms with Crippen molar-refractivity contribution < 1.29 is 0 Å². The van der Waals surface area contributed by atoms with E-state index in [1.165, 1.54) is 175 Å². The first-order valence-electron chi connectivity index (χ1n) is 25.1. The van der Waals surface area contributed by atoms with Crippen LogP contribution in [0.15, 0.2) is 218 Å². The topological polar surface area (TPSA) is 17.6 Å². The van der Waals surface area contributed by atoms with Crippen LogP contribution in [-0.4, -0.2) is 17.6 Å². The van der Waals surface area contributed by atoms with Crippen molar-refractivity contribution in [3.05, 3.63) is 218 Å². The van der Waals surface area contributed by atoms with Gasteiger partial charge < -0.3 is 17.6 Å². The van der Waals surface area contributed by atoms with E-state index in [9.17, 15) is 0 Å². The Bertz CT molecular complexity index is 5260. The molecule has 0 N–H and O–H groups in total. The lowest BCUT2D eigenvalue weighted by Gasteiger charge is -2.16. The van der Waals surface area contributed by atoms with Gasteiger partial charge >= 0.3 is 0 Å². The fourth-order valence-corrected chi connectivity index (χ4v) is 14.5. The van der Waals surface area contributed by atoms with Crippen LogP contribution in [0, 0.1) is 0 Å². The lowest BCUT2D eigenvalue weighted by atomic mass is 9.93. The molecule has 0 amide bonds. The summed E-state index contributed by atoms with van der Waals surface area (Å²) in [5.74, 6) is 0. The van der Waals surface area contributed by atoms with Crippen LogP contribution >= 0.6 is 0 Å². The molecule has 0 saturated carbocycles. The third-order valence-electron chi connectivity index (χ3n) is 17.0. The predicted molar refractivity (Wildman–Crippen MR) is 305 cm³/mol. The van der Waals surface area contributed by atoms with E-state index in [0.29, 0.717) is 0 Å². The number of nitrogens with zero attached hydrogens (tertiary/aromatic N) is 4. The van der Waals surface area contributed by atoms with Crippen molar-refractivity contribution in [1.29, 1.82) is 0 Å². The van der Waals surface area contributed by atoms with E-state index in [1.807, 2.05) is 0 Å². The monoisotopic (exact) mass is 908 g/mol. The average Bonchev–Trinajstić information content (AvgIpc) is 4.29. The number of aromatic nitrogens is 4. The quantitative estimate of drug-likeness (QED) is 0.154. The maximum absolute atomic E-state index is 2.77. The summed E-state index contributed by atoms with van der Waals surface area (Å²) in [4.78, 5) is 0. The number of fused-ring (bicyclic) bond motifs is 28. The Balaban J connectivity index is 1.26. The summed E-state index contributed by atoms with van der Waals surface area (Å²) in [6.45, 7) is 0. The molecule has 0 aliphatic carbocycles. The zero-order valence-electron chi connectivity index (χ0n) is 38.6. The van der Waals surface area contributed by atoms with Crippen LogP contribution in [0.1, 0.15) is 0 Å². The highest BCUT2D eigenvalue weighted by Gasteiger charge is 2.34. The molecule has 19 aromatic rings. The molecule has 0 atom stereocenters. The highest BCUT2D eigenvalue weighted by Crippen LogP contribution is 2.57. The normalized spacial score (nSPS) is 13.0. The van der Waals surface area contributed by atoms with Crippen molar-refractivity contribution in [2.24, 2.45) is 0 Å². The maximum Gasteiger partial charge on any atom is 0.0811 e. The lowest BCUT2D eigenvalue weighted by Crippen LogP contribution is -1.99. The van der Waals surface area contributed by atoms with Gasteiger partial charge in [-0.15, -0.1) is 0 Å². The van der Waals surface area contributed by atoms with Crippen LogP contribution in [0.5, 0.6) is 0 Å². The van der Waals surface area contributed by atoms with Crippen molar-refractivity contribution in [1.82, 2.24) is 17.6 Å². The molecule has 4 nitrogen and oxygen atoms in total. The van der Waals surface area contributed by atoms with Gasteiger partial charge in [-0.2, -0.15) is 0 Å². The van der Waals surface area contributed by atoms with Crippen LogP contribution in [0.3, 0.4) is 0 Å². The minimum atomic E-state index is 1.21. The van der Waals surface area contributed by atoms with Gasteiger partial charge in [-0.1, -0.05) is 182 Å². The number of hydrogen-bond acceptors (Lipinski definition) is 0. The number of rotatable bonds is 2. The second kappa shape index (κ2) is 12.4. The van der Waals surface area contributed by atoms with E-state index in [0.717, 1.165) is 0 Å². The van der Waals surface area contributed by atoms with Crippen LogP contribution in [0.25, 0.3) is 175 Å². The zero-order valence-corrected chi connectivity index (χ0v) is 38.6. The molecular weight excluding hydrogens is 873 g/mol. The molecular formula is C68H36N4. The third-order valence-corrected chi connectivity index (χ3v) is 17.0. The van der Waals surface area contributed by atoms with Crippen molar-refractivity contribution in [2.45, 2.75) is 0 Å². The molecule has 0 aliphatic heterocycles. The summed E-state index contributed by atoms with van der Waals surface area (Å²) in [5.41, 5.74) is 19.9. The minimum absolute atomic E-state index is 1.21. The predicted octanol–water partition coefficient (Wildman–Crippen LogP) is 18.2. The van der Waals surface area contributed by atoms with E-state index in [-0.39, 0.29) is 0 Å². The van der Waals surface area contributed by atoms with Gasteiger partial charge in [0.05, 0.1) is 66.2 Å². The molecule has 0 unspecified atom stereocenters. The number of para-hydroxylation sites is 4. The van der Waals surface area contributed by atoms with E-state index in [4.69, 9.17) is 0 Å². The standard InChI is InChI=1S/C68H36N4/c1-3-19-37(20-4-1)47-35-53-55(41-25-9-7-23-39(41)47)61-57-43-27-11-15-31-49(43)69-52-34-18-14-30-46(52)60(63(57)69)66-67(61)71(53)65-59-45-29-13-17-33-51(45)70-50-32-16-12-28-44(50)58(64(59)70)62-56-42-26-10-8-24-40(42)48(38-21-5-2-6-22-38)36-54(56)72(66)68(62)65/h1-36H. The molecule has 0 saturated heterocycles. The third kappa shape index (κ3) is 3.94. The van der Waals surface area contributed by atoms with Crippen molar-refractivity contribution in [3.63, 3.8) is 0 Å². The van der Waals surface area contributed by atoms with Gasteiger partial charge in [0, 0.05) is 64.6 Å². The van der Waals surface area contributed by atoms with Crippen LogP contribution < -0.4 is 0 Å². The second-order valence-electron chi connectivity index (χ2n) is 20.2. The van der Waals surface area contributed by atoms with Crippen molar-refractivity contribution >= 4 is 152 Å². The molecule has 328 valence electrons. The summed E-state index contributed by atoms with van der Waals surface area (Å²) < 4.78 is 10.7. The van der Waals surface area contributed by atoms with Crippen molar-refractivity contribution in [2.75, 3.05) is 0 Å². The highest BCUT2D eigenvalue weighted by molar-refractivity contribution is 6.48. The first kappa shape index (κ1) is 36.4. The van der Waals surface area contributed by atoms with Gasteiger partial charge in [0.15, 0.2) is 0 Å². The molecule has 0 fully saturated rings. The molecule has 7 aromatic heterocycles. The van der Waals surface area contributed by atoms with Gasteiger partial charge in [0.2, 0.25) is 0 Å². The fraction of sp³-hybridized carbons (Fsp3) is 0. The van der Waals surface area contributed by atoms with Gasteiger partial charge in [0.1, 0.15) is 0 Å². The summed E-state index contributed by atoms with van der Waals surface area (Å²) in [7, 11) is 0. The molecule has 0 aliphatic rings. The Labute approximate surface area is 408 Å². The first-order chi connectivity index (χ1) is 35.8. The molecule has 19 rings (SSSR count). The Morgan fingerprint density at radius 1 is 0.181 bits per heavy atom. The molecule has 0 bridgehead atoms. The van der Waals surface area contributed by atoms with Gasteiger partial charge in [-0.25, -0.2) is 0 Å². The molecule has 72 heavy (non-hydrogen) atoms. The highest BCUT2D eigenvalue weighted by atomic mass is 15.0.